The maximum Gasteiger partial charge on any atom is 0.256 e. The fraction of sp³-hybridized carbons (Fsp3) is 0.464. The van der Waals surface area contributed by atoms with Gasteiger partial charge >= 0.3 is 0 Å². The van der Waals surface area contributed by atoms with Gasteiger partial charge < -0.3 is 24.2 Å². The molecule has 0 saturated carbocycles. The van der Waals surface area contributed by atoms with Crippen LogP contribution in [0.2, 0.25) is 0 Å². The van der Waals surface area contributed by atoms with Gasteiger partial charge in [0.2, 0.25) is 5.91 Å². The molecule has 0 unspecified atom stereocenters. The third-order valence-electron chi connectivity index (χ3n) is 7.75. The molecule has 5 rings (SSSR count). The van der Waals surface area contributed by atoms with E-state index in [9.17, 15) is 14.4 Å². The van der Waals surface area contributed by atoms with Gasteiger partial charge in [0.25, 0.3) is 11.8 Å². The molecule has 2 aromatic rings. The Hall–Kier alpha value is -3.43. The highest BCUT2D eigenvalue weighted by atomic mass is 16.5. The molecule has 9 heteroatoms. The zero-order valence-electron chi connectivity index (χ0n) is 21.5. The van der Waals surface area contributed by atoms with Crippen LogP contribution in [0.3, 0.4) is 0 Å². The summed E-state index contributed by atoms with van der Waals surface area (Å²) in [6, 6.07) is 15.5. The molecule has 37 heavy (non-hydrogen) atoms. The average Bonchev–Trinajstić information content (AvgIpc) is 3.31. The summed E-state index contributed by atoms with van der Waals surface area (Å²) in [5.74, 6) is 0.267. The summed E-state index contributed by atoms with van der Waals surface area (Å²) in [6.45, 7) is 3.88. The number of amides is 3. The molecule has 0 aromatic heterocycles. The van der Waals surface area contributed by atoms with Gasteiger partial charge in [-0.15, -0.1) is 0 Å². The first-order valence-corrected chi connectivity index (χ1v) is 12.9. The number of nitrogens with zero attached hydrogens (tertiary/aromatic N) is 4. The van der Waals surface area contributed by atoms with E-state index in [1.54, 1.807) is 53.3 Å². The molecule has 0 radical (unpaired) electrons. The van der Waals surface area contributed by atoms with E-state index in [1.807, 2.05) is 30.1 Å². The molecule has 0 aliphatic carbocycles. The van der Waals surface area contributed by atoms with Crippen LogP contribution in [0.15, 0.2) is 54.6 Å². The van der Waals surface area contributed by atoms with Crippen LogP contribution in [-0.2, 0) is 9.53 Å². The molecular formula is C28H34N4O5. The van der Waals surface area contributed by atoms with Crippen molar-refractivity contribution in [3.05, 3.63) is 65.7 Å². The smallest absolute Gasteiger partial charge is 0.256 e. The molecule has 196 valence electrons. The molecule has 3 aliphatic rings. The highest BCUT2D eigenvalue weighted by Crippen LogP contribution is 2.39. The summed E-state index contributed by atoms with van der Waals surface area (Å²) in [4.78, 5) is 48.2. The Balaban J connectivity index is 1.37. The Bertz CT molecular complexity index is 1140. The van der Waals surface area contributed by atoms with Crippen molar-refractivity contribution in [1.82, 2.24) is 19.6 Å². The molecule has 1 atom stereocenters. The van der Waals surface area contributed by atoms with E-state index in [4.69, 9.17) is 9.47 Å². The number of likely N-dealkylation sites (N-methyl/N-ethyl adjacent to an activating group) is 1. The SMILES string of the molecule is COc1cccc(C(=O)N2CCC3(CC2)OC[C@@H](C(=O)N2CCN(C)CC2)N3C(=O)c2ccccc2)c1. The van der Waals surface area contributed by atoms with Gasteiger partial charge in [0.1, 0.15) is 17.5 Å². The van der Waals surface area contributed by atoms with Crippen molar-refractivity contribution < 1.29 is 23.9 Å². The number of benzene rings is 2. The molecular weight excluding hydrogens is 472 g/mol. The number of ether oxygens (including phenoxy) is 2. The molecule has 3 fully saturated rings. The largest absolute Gasteiger partial charge is 0.497 e. The molecule has 3 amide bonds. The summed E-state index contributed by atoms with van der Waals surface area (Å²) in [6.07, 6.45) is 0.877. The van der Waals surface area contributed by atoms with E-state index >= 15 is 0 Å². The first-order chi connectivity index (χ1) is 17.9. The second kappa shape index (κ2) is 10.5. The lowest BCUT2D eigenvalue weighted by atomic mass is 9.96. The topological polar surface area (TPSA) is 82.6 Å². The number of piperidine rings is 1. The Morgan fingerprint density at radius 1 is 0.838 bits per heavy atom. The quantitative estimate of drug-likeness (QED) is 0.631. The average molecular weight is 507 g/mol. The van der Waals surface area contributed by atoms with E-state index in [0.29, 0.717) is 55.9 Å². The van der Waals surface area contributed by atoms with Crippen molar-refractivity contribution >= 4 is 17.7 Å². The van der Waals surface area contributed by atoms with Crippen LogP contribution in [0.25, 0.3) is 0 Å². The number of piperazine rings is 1. The van der Waals surface area contributed by atoms with Gasteiger partial charge in [-0.25, -0.2) is 0 Å². The van der Waals surface area contributed by atoms with Gasteiger partial charge in [0.05, 0.1) is 13.7 Å². The fourth-order valence-electron chi connectivity index (χ4n) is 5.51. The van der Waals surface area contributed by atoms with Crippen LogP contribution in [0.4, 0.5) is 0 Å². The van der Waals surface area contributed by atoms with E-state index in [1.165, 1.54) is 0 Å². The normalized spacial score (nSPS) is 21.8. The highest BCUT2D eigenvalue weighted by Gasteiger charge is 2.55. The molecule has 1 spiro atoms. The molecule has 2 aromatic carbocycles. The summed E-state index contributed by atoms with van der Waals surface area (Å²) < 4.78 is 11.6. The van der Waals surface area contributed by atoms with Crippen LogP contribution < -0.4 is 4.74 Å². The minimum absolute atomic E-state index is 0.0656. The van der Waals surface area contributed by atoms with Crippen molar-refractivity contribution in [1.29, 1.82) is 0 Å². The molecule has 9 nitrogen and oxygen atoms in total. The van der Waals surface area contributed by atoms with Crippen LogP contribution >= 0.6 is 0 Å². The minimum Gasteiger partial charge on any atom is -0.497 e. The lowest BCUT2D eigenvalue weighted by Crippen LogP contribution is -2.61. The Morgan fingerprint density at radius 2 is 1.51 bits per heavy atom. The lowest BCUT2D eigenvalue weighted by molar-refractivity contribution is -0.139. The third kappa shape index (κ3) is 4.93. The third-order valence-corrected chi connectivity index (χ3v) is 7.75. The number of hydrogen-bond donors (Lipinski definition) is 0. The fourth-order valence-corrected chi connectivity index (χ4v) is 5.51. The second-order valence-corrected chi connectivity index (χ2v) is 9.97. The predicted octanol–water partition coefficient (Wildman–Crippen LogP) is 1.94. The van der Waals surface area contributed by atoms with Crippen molar-refractivity contribution in [2.24, 2.45) is 0 Å². The van der Waals surface area contributed by atoms with Gasteiger partial charge in [-0.2, -0.15) is 0 Å². The van der Waals surface area contributed by atoms with Crippen LogP contribution in [-0.4, -0.2) is 109 Å². The first-order valence-electron chi connectivity index (χ1n) is 12.9. The molecule has 3 heterocycles. The number of hydrogen-bond acceptors (Lipinski definition) is 6. The number of likely N-dealkylation sites (tertiary alicyclic amines) is 1. The van der Waals surface area contributed by atoms with Crippen molar-refractivity contribution in [2.45, 2.75) is 24.6 Å². The standard InChI is InChI=1S/C28H34N4O5/c1-29-15-17-31(18-16-29)27(35)24-20-37-28(32(24)26(34)21-7-4-3-5-8-21)11-13-30(14-12-28)25(33)22-9-6-10-23(19-22)36-2/h3-10,19,24H,11-18,20H2,1-2H3/t24-/m0/s1. The number of carbonyl (C=O) groups excluding carboxylic acids is 3. The lowest BCUT2D eigenvalue weighted by Gasteiger charge is -2.45. The van der Waals surface area contributed by atoms with E-state index in [-0.39, 0.29) is 24.3 Å². The van der Waals surface area contributed by atoms with Gasteiger partial charge in [0, 0.05) is 63.2 Å². The number of methoxy groups -OCH3 is 1. The Morgan fingerprint density at radius 3 is 2.19 bits per heavy atom. The Kier molecular flexibility index (Phi) is 7.17. The minimum atomic E-state index is -0.926. The summed E-state index contributed by atoms with van der Waals surface area (Å²) in [5, 5.41) is 0. The van der Waals surface area contributed by atoms with Crippen molar-refractivity contribution in [3.63, 3.8) is 0 Å². The predicted molar refractivity (Wildman–Crippen MR) is 137 cm³/mol. The summed E-state index contributed by atoms with van der Waals surface area (Å²) in [7, 11) is 3.62. The summed E-state index contributed by atoms with van der Waals surface area (Å²) in [5.41, 5.74) is 0.159. The summed E-state index contributed by atoms with van der Waals surface area (Å²) >= 11 is 0. The van der Waals surface area contributed by atoms with Crippen LogP contribution in [0.1, 0.15) is 33.6 Å². The van der Waals surface area contributed by atoms with Crippen molar-refractivity contribution in [3.8, 4) is 5.75 Å². The highest BCUT2D eigenvalue weighted by molar-refractivity contribution is 5.98. The monoisotopic (exact) mass is 506 g/mol. The van der Waals surface area contributed by atoms with Crippen LogP contribution in [0, 0.1) is 0 Å². The Labute approximate surface area is 217 Å². The second-order valence-electron chi connectivity index (χ2n) is 9.97. The van der Waals surface area contributed by atoms with E-state index < -0.39 is 11.8 Å². The van der Waals surface area contributed by atoms with Crippen molar-refractivity contribution in [2.75, 3.05) is 60.0 Å². The zero-order chi connectivity index (χ0) is 26.0. The van der Waals surface area contributed by atoms with Gasteiger partial charge in [0.15, 0.2) is 0 Å². The molecule has 0 bridgehead atoms. The number of rotatable bonds is 4. The van der Waals surface area contributed by atoms with E-state index in [2.05, 4.69) is 4.90 Å². The van der Waals surface area contributed by atoms with Gasteiger partial charge in [-0.3, -0.25) is 19.3 Å². The van der Waals surface area contributed by atoms with Crippen LogP contribution in [0.5, 0.6) is 5.75 Å². The van der Waals surface area contributed by atoms with E-state index in [0.717, 1.165) is 13.1 Å². The van der Waals surface area contributed by atoms with Gasteiger partial charge in [-0.1, -0.05) is 24.3 Å². The number of carbonyl (C=O) groups is 3. The molecule has 3 saturated heterocycles. The van der Waals surface area contributed by atoms with Gasteiger partial charge in [-0.05, 0) is 37.4 Å². The first kappa shape index (κ1) is 25.2. The maximum atomic E-state index is 13.9. The molecule has 0 N–H and O–H groups in total. The molecule has 3 aliphatic heterocycles. The maximum absolute atomic E-state index is 13.9. The zero-order valence-corrected chi connectivity index (χ0v) is 21.5.